The van der Waals surface area contributed by atoms with E-state index < -0.39 is 0 Å². The van der Waals surface area contributed by atoms with E-state index in [1.54, 1.807) is 0 Å². The number of rotatable bonds is 6. The number of thiocarbonyl (C=S) groups is 1. The lowest BCUT2D eigenvalue weighted by Crippen LogP contribution is -2.23. The molecule has 0 aliphatic carbocycles. The quantitative estimate of drug-likeness (QED) is 0.814. The summed E-state index contributed by atoms with van der Waals surface area (Å²) in [6.07, 6.45) is 1.09. The van der Waals surface area contributed by atoms with Gasteiger partial charge in [-0.3, -0.25) is 0 Å². The minimum absolute atomic E-state index is 0.374. The first kappa shape index (κ1) is 15.2. The molecule has 0 radical (unpaired) electrons. The molecule has 1 aromatic rings. The van der Waals surface area contributed by atoms with Crippen LogP contribution in [0.5, 0.6) is 0 Å². The maximum absolute atomic E-state index is 6.24. The third-order valence-electron chi connectivity index (χ3n) is 2.74. The molecule has 1 rings (SSSR count). The first-order chi connectivity index (χ1) is 8.41. The highest BCUT2D eigenvalue weighted by atomic mass is 35.5. The molecule has 0 heterocycles. The van der Waals surface area contributed by atoms with Crippen molar-refractivity contribution in [1.29, 1.82) is 0 Å². The maximum Gasteiger partial charge on any atom is 0.104 e. The molecule has 0 fully saturated rings. The Morgan fingerprint density at radius 1 is 1.28 bits per heavy atom. The van der Waals surface area contributed by atoms with E-state index in [1.807, 2.05) is 25.2 Å². The second-order valence-electron chi connectivity index (χ2n) is 4.61. The zero-order chi connectivity index (χ0) is 13.7. The van der Waals surface area contributed by atoms with Crippen LogP contribution in [0.4, 0.5) is 5.69 Å². The van der Waals surface area contributed by atoms with Gasteiger partial charge in [0.2, 0.25) is 0 Å². The Morgan fingerprint density at radius 3 is 2.44 bits per heavy atom. The van der Waals surface area contributed by atoms with Crippen molar-refractivity contribution in [3.05, 3.63) is 28.8 Å². The van der Waals surface area contributed by atoms with Crippen LogP contribution < -0.4 is 10.6 Å². The summed E-state index contributed by atoms with van der Waals surface area (Å²) < 4.78 is 0. The van der Waals surface area contributed by atoms with Crippen LogP contribution in [0.25, 0.3) is 0 Å². The van der Waals surface area contributed by atoms with E-state index in [2.05, 4.69) is 23.9 Å². The van der Waals surface area contributed by atoms with Gasteiger partial charge in [-0.25, -0.2) is 0 Å². The molecule has 0 atom stereocenters. The molecule has 3 nitrogen and oxygen atoms in total. The van der Waals surface area contributed by atoms with E-state index in [9.17, 15) is 0 Å². The van der Waals surface area contributed by atoms with Gasteiger partial charge in [-0.2, -0.15) is 0 Å². The number of halogens is 1. The van der Waals surface area contributed by atoms with Gasteiger partial charge in [-0.05, 0) is 45.3 Å². The van der Waals surface area contributed by atoms with Gasteiger partial charge in [0.1, 0.15) is 4.99 Å². The topological polar surface area (TPSA) is 32.5 Å². The lowest BCUT2D eigenvalue weighted by Gasteiger charge is -2.22. The van der Waals surface area contributed by atoms with Crippen molar-refractivity contribution >= 4 is 34.5 Å². The zero-order valence-electron chi connectivity index (χ0n) is 11.1. The van der Waals surface area contributed by atoms with E-state index in [4.69, 9.17) is 29.6 Å². The number of nitrogens with two attached hydrogens (primary N) is 1. The molecule has 0 bridgehead atoms. The third kappa shape index (κ3) is 4.44. The minimum Gasteiger partial charge on any atom is -0.389 e. The van der Waals surface area contributed by atoms with Crippen molar-refractivity contribution in [1.82, 2.24) is 4.90 Å². The summed E-state index contributed by atoms with van der Waals surface area (Å²) in [6.45, 7) is 2.03. The maximum atomic E-state index is 6.24. The summed E-state index contributed by atoms with van der Waals surface area (Å²) in [4.78, 5) is 4.69. The van der Waals surface area contributed by atoms with Gasteiger partial charge in [-0.1, -0.05) is 23.8 Å². The normalized spacial score (nSPS) is 10.7. The number of benzene rings is 1. The van der Waals surface area contributed by atoms with Crippen molar-refractivity contribution in [3.8, 4) is 0 Å². The summed E-state index contributed by atoms with van der Waals surface area (Å²) in [6, 6.07) is 5.69. The van der Waals surface area contributed by atoms with Crippen LogP contribution in [-0.4, -0.2) is 44.1 Å². The molecule has 0 aliphatic rings. The molecule has 0 amide bonds. The highest BCUT2D eigenvalue weighted by Crippen LogP contribution is 2.26. The number of nitrogens with zero attached hydrogens (tertiary/aromatic N) is 2. The second kappa shape index (κ2) is 6.92. The molecule has 5 heteroatoms. The first-order valence-corrected chi connectivity index (χ1v) is 6.65. The van der Waals surface area contributed by atoms with Gasteiger partial charge in [0.05, 0.1) is 10.7 Å². The van der Waals surface area contributed by atoms with Crippen molar-refractivity contribution < 1.29 is 0 Å². The summed E-state index contributed by atoms with van der Waals surface area (Å²) in [5.41, 5.74) is 7.39. The van der Waals surface area contributed by atoms with Crippen LogP contribution in [0, 0.1) is 0 Å². The molecule has 0 saturated heterocycles. The number of hydrogen-bond acceptors (Lipinski definition) is 3. The molecule has 0 aliphatic heterocycles. The molecule has 18 heavy (non-hydrogen) atoms. The van der Waals surface area contributed by atoms with Gasteiger partial charge in [-0.15, -0.1) is 0 Å². The Bertz CT molecular complexity index is 421. The van der Waals surface area contributed by atoms with Crippen molar-refractivity contribution in [3.63, 3.8) is 0 Å². The van der Waals surface area contributed by atoms with Crippen LogP contribution >= 0.6 is 23.8 Å². The average Bonchev–Trinajstić information content (AvgIpc) is 2.27. The summed E-state index contributed by atoms with van der Waals surface area (Å²) in [7, 11) is 6.19. The minimum atomic E-state index is 0.374. The van der Waals surface area contributed by atoms with Gasteiger partial charge in [0.25, 0.3) is 0 Å². The first-order valence-electron chi connectivity index (χ1n) is 5.87. The fourth-order valence-electron chi connectivity index (χ4n) is 1.71. The summed E-state index contributed by atoms with van der Waals surface area (Å²) >= 11 is 11.2. The van der Waals surface area contributed by atoms with Crippen molar-refractivity contribution in [2.24, 2.45) is 5.73 Å². The van der Waals surface area contributed by atoms with Gasteiger partial charge in [0, 0.05) is 19.2 Å². The largest absolute Gasteiger partial charge is 0.389 e. The number of anilines is 1. The molecular weight excluding hydrogens is 266 g/mol. The van der Waals surface area contributed by atoms with Gasteiger partial charge in [0.15, 0.2) is 0 Å². The standard InChI is InChI=1S/C13H20ClN3S/c1-16(2)7-4-8-17(3)12-6-5-10(13(15)18)9-11(12)14/h5-6,9H,4,7-8H2,1-3H3,(H2,15,18). The van der Waals surface area contributed by atoms with Crippen molar-refractivity contribution in [2.75, 3.05) is 39.1 Å². The van der Waals surface area contributed by atoms with Crippen LogP contribution in [-0.2, 0) is 0 Å². The van der Waals surface area contributed by atoms with Gasteiger partial charge < -0.3 is 15.5 Å². The average molecular weight is 286 g/mol. The summed E-state index contributed by atoms with van der Waals surface area (Å²) in [5, 5.41) is 0.688. The SMILES string of the molecule is CN(C)CCCN(C)c1ccc(C(N)=S)cc1Cl. The second-order valence-corrected chi connectivity index (χ2v) is 5.46. The van der Waals surface area contributed by atoms with E-state index in [0.29, 0.717) is 10.0 Å². The Morgan fingerprint density at radius 2 is 1.94 bits per heavy atom. The van der Waals surface area contributed by atoms with Crippen molar-refractivity contribution in [2.45, 2.75) is 6.42 Å². The fourth-order valence-corrected chi connectivity index (χ4v) is 2.17. The molecule has 1 aromatic carbocycles. The van der Waals surface area contributed by atoms with Gasteiger partial charge >= 0.3 is 0 Å². The molecule has 0 spiro atoms. The van der Waals surface area contributed by atoms with E-state index in [0.717, 1.165) is 30.8 Å². The highest BCUT2D eigenvalue weighted by molar-refractivity contribution is 7.80. The number of hydrogen-bond donors (Lipinski definition) is 1. The van der Waals surface area contributed by atoms with E-state index in [-0.39, 0.29) is 0 Å². The fraction of sp³-hybridized carbons (Fsp3) is 0.462. The molecule has 0 unspecified atom stereocenters. The Hall–Kier alpha value is -0.840. The molecule has 100 valence electrons. The van der Waals surface area contributed by atoms with E-state index in [1.165, 1.54) is 0 Å². The molecule has 0 aromatic heterocycles. The Labute approximate surface area is 120 Å². The lowest BCUT2D eigenvalue weighted by molar-refractivity contribution is 0.401. The van der Waals surface area contributed by atoms with Crippen LogP contribution in [0.1, 0.15) is 12.0 Å². The van der Waals surface area contributed by atoms with Crippen LogP contribution in [0.15, 0.2) is 18.2 Å². The predicted molar refractivity (Wildman–Crippen MR) is 83.8 cm³/mol. The molecule has 2 N–H and O–H groups in total. The zero-order valence-corrected chi connectivity index (χ0v) is 12.7. The summed E-state index contributed by atoms with van der Waals surface area (Å²) in [5.74, 6) is 0. The monoisotopic (exact) mass is 285 g/mol. The van der Waals surface area contributed by atoms with Crippen LogP contribution in [0.3, 0.4) is 0 Å². The van der Waals surface area contributed by atoms with Crippen LogP contribution in [0.2, 0.25) is 5.02 Å². The molecular formula is C13H20ClN3S. The smallest absolute Gasteiger partial charge is 0.104 e. The van der Waals surface area contributed by atoms with E-state index >= 15 is 0 Å². The lowest BCUT2D eigenvalue weighted by atomic mass is 10.2. The Balaban J connectivity index is 2.68. The molecule has 0 saturated carbocycles. The Kier molecular flexibility index (Phi) is 5.85. The predicted octanol–water partition coefficient (Wildman–Crippen LogP) is 2.36. The third-order valence-corrected chi connectivity index (χ3v) is 3.28. The highest BCUT2D eigenvalue weighted by Gasteiger charge is 2.08.